The molecule has 122 valence electrons. The van der Waals surface area contributed by atoms with E-state index in [2.05, 4.69) is 15.4 Å². The Bertz CT molecular complexity index is 714. The van der Waals surface area contributed by atoms with Crippen molar-refractivity contribution in [3.05, 3.63) is 30.2 Å². The lowest BCUT2D eigenvalue weighted by Gasteiger charge is -2.33. The number of amides is 2. The summed E-state index contributed by atoms with van der Waals surface area (Å²) in [7, 11) is 1.33. The molecule has 3 heterocycles. The molecule has 1 fully saturated rings. The summed E-state index contributed by atoms with van der Waals surface area (Å²) >= 11 is 0. The summed E-state index contributed by atoms with van der Waals surface area (Å²) in [6, 6.07) is 1.31. The van der Waals surface area contributed by atoms with Gasteiger partial charge in [-0.05, 0) is 25.3 Å². The van der Waals surface area contributed by atoms with Gasteiger partial charge in [0.2, 0.25) is 5.91 Å². The fraction of sp³-hybridized carbons (Fsp3) is 0.467. The van der Waals surface area contributed by atoms with Crippen LogP contribution in [0.5, 0.6) is 0 Å². The number of carbonyl (C=O) groups is 2. The fourth-order valence-electron chi connectivity index (χ4n) is 2.84. The van der Waals surface area contributed by atoms with E-state index in [4.69, 9.17) is 4.74 Å². The minimum absolute atomic E-state index is 0.176. The quantitative estimate of drug-likeness (QED) is 0.911. The van der Waals surface area contributed by atoms with E-state index >= 15 is 0 Å². The van der Waals surface area contributed by atoms with Crippen molar-refractivity contribution < 1.29 is 14.3 Å². The van der Waals surface area contributed by atoms with Gasteiger partial charge in [0.25, 0.3) is 0 Å². The zero-order valence-electron chi connectivity index (χ0n) is 12.9. The van der Waals surface area contributed by atoms with Crippen LogP contribution in [0.15, 0.2) is 24.7 Å². The number of carbonyl (C=O) groups excluding carboxylic acids is 2. The van der Waals surface area contributed by atoms with Crippen molar-refractivity contribution in [2.75, 3.05) is 13.7 Å². The third-order valence-corrected chi connectivity index (χ3v) is 4.02. The molecule has 0 unspecified atom stereocenters. The first kappa shape index (κ1) is 15.3. The molecule has 2 aromatic heterocycles. The first-order valence-electron chi connectivity index (χ1n) is 7.60. The molecule has 0 saturated carbocycles. The summed E-state index contributed by atoms with van der Waals surface area (Å²) in [6.45, 7) is 0.869. The molecule has 3 rings (SSSR count). The number of hydrogen-bond acceptors (Lipinski definition) is 5. The lowest BCUT2D eigenvalue weighted by Crippen LogP contribution is -2.51. The van der Waals surface area contributed by atoms with Crippen molar-refractivity contribution in [2.24, 2.45) is 0 Å². The highest BCUT2D eigenvalue weighted by atomic mass is 16.5. The molecule has 1 aliphatic rings. The number of rotatable bonds is 3. The monoisotopic (exact) mass is 317 g/mol. The summed E-state index contributed by atoms with van der Waals surface area (Å²) in [5, 5.41) is 7.06. The van der Waals surface area contributed by atoms with E-state index in [1.54, 1.807) is 29.2 Å². The van der Waals surface area contributed by atoms with E-state index in [1.807, 2.05) is 0 Å². The number of aromatic nitrogens is 3. The lowest BCUT2D eigenvalue weighted by atomic mass is 10.0. The Hall–Kier alpha value is -2.64. The molecule has 0 aliphatic carbocycles. The number of methoxy groups -OCH3 is 1. The van der Waals surface area contributed by atoms with Crippen LogP contribution < -0.4 is 5.32 Å². The molecule has 23 heavy (non-hydrogen) atoms. The number of piperidine rings is 1. The maximum absolute atomic E-state index is 12.5. The largest absolute Gasteiger partial charge is 0.453 e. The molecule has 1 N–H and O–H groups in total. The molecule has 2 aromatic rings. The summed E-state index contributed by atoms with van der Waals surface area (Å²) in [4.78, 5) is 30.0. The highest BCUT2D eigenvalue weighted by molar-refractivity contribution is 5.85. The minimum atomic E-state index is -0.481. The van der Waals surface area contributed by atoms with E-state index in [0.29, 0.717) is 25.2 Å². The average molecular weight is 317 g/mol. The van der Waals surface area contributed by atoms with E-state index in [-0.39, 0.29) is 5.91 Å². The molecule has 0 spiro atoms. The fourth-order valence-corrected chi connectivity index (χ4v) is 2.84. The maximum atomic E-state index is 12.5. The van der Waals surface area contributed by atoms with Crippen LogP contribution in [0.3, 0.4) is 0 Å². The molecule has 0 bridgehead atoms. The van der Waals surface area contributed by atoms with Crippen molar-refractivity contribution in [3.63, 3.8) is 0 Å². The number of hydrogen-bond donors (Lipinski definition) is 1. The van der Waals surface area contributed by atoms with E-state index in [1.165, 1.54) is 12.0 Å². The SMILES string of the molecule is COC(=O)N1CCCC[C@@H]1C(=O)NCc1cnn2cccnc12. The predicted octanol–water partition coefficient (Wildman–Crippen LogP) is 0.966. The van der Waals surface area contributed by atoms with E-state index in [9.17, 15) is 9.59 Å². The van der Waals surface area contributed by atoms with Crippen LogP contribution >= 0.6 is 0 Å². The zero-order valence-corrected chi connectivity index (χ0v) is 12.9. The Morgan fingerprint density at radius 1 is 1.43 bits per heavy atom. The highest BCUT2D eigenvalue weighted by Crippen LogP contribution is 2.18. The Morgan fingerprint density at radius 3 is 3.13 bits per heavy atom. The van der Waals surface area contributed by atoms with Gasteiger partial charge in [-0.2, -0.15) is 5.10 Å². The number of likely N-dealkylation sites (tertiary alicyclic amines) is 1. The topological polar surface area (TPSA) is 88.8 Å². The number of nitrogens with one attached hydrogen (secondary N) is 1. The maximum Gasteiger partial charge on any atom is 0.410 e. The molecular weight excluding hydrogens is 298 g/mol. The number of fused-ring (bicyclic) bond motifs is 1. The van der Waals surface area contributed by atoms with Gasteiger partial charge in [-0.3, -0.25) is 9.69 Å². The second kappa shape index (κ2) is 6.64. The molecule has 0 radical (unpaired) electrons. The smallest absolute Gasteiger partial charge is 0.410 e. The number of nitrogens with zero attached hydrogens (tertiary/aromatic N) is 4. The van der Waals surface area contributed by atoms with Crippen LogP contribution in [0.2, 0.25) is 0 Å². The highest BCUT2D eigenvalue weighted by Gasteiger charge is 2.32. The molecule has 1 saturated heterocycles. The van der Waals surface area contributed by atoms with Gasteiger partial charge < -0.3 is 10.1 Å². The molecule has 8 nitrogen and oxygen atoms in total. The number of ether oxygens (including phenoxy) is 1. The van der Waals surface area contributed by atoms with Crippen molar-refractivity contribution >= 4 is 17.6 Å². The summed E-state index contributed by atoms with van der Waals surface area (Å²) in [5.74, 6) is -0.176. The molecule has 2 amide bonds. The molecule has 1 aliphatic heterocycles. The van der Waals surface area contributed by atoms with Crippen LogP contribution in [-0.4, -0.2) is 51.2 Å². The van der Waals surface area contributed by atoms with Crippen molar-refractivity contribution in [1.29, 1.82) is 0 Å². The van der Waals surface area contributed by atoms with Crippen LogP contribution in [0.4, 0.5) is 4.79 Å². The normalized spacial score (nSPS) is 18.0. The average Bonchev–Trinajstić information content (AvgIpc) is 3.02. The van der Waals surface area contributed by atoms with Gasteiger partial charge in [-0.15, -0.1) is 0 Å². The van der Waals surface area contributed by atoms with Gasteiger partial charge >= 0.3 is 6.09 Å². The first-order valence-corrected chi connectivity index (χ1v) is 7.60. The zero-order chi connectivity index (χ0) is 16.2. The second-order valence-electron chi connectivity index (χ2n) is 5.45. The van der Waals surface area contributed by atoms with Gasteiger partial charge in [0.1, 0.15) is 6.04 Å². The van der Waals surface area contributed by atoms with Crippen LogP contribution in [0, 0.1) is 0 Å². The Balaban J connectivity index is 1.67. The van der Waals surface area contributed by atoms with Gasteiger partial charge in [0.05, 0.1) is 13.3 Å². The molecule has 1 atom stereocenters. The van der Waals surface area contributed by atoms with Gasteiger partial charge in [0.15, 0.2) is 5.65 Å². The van der Waals surface area contributed by atoms with Crippen molar-refractivity contribution in [2.45, 2.75) is 31.8 Å². The third kappa shape index (κ3) is 3.10. The second-order valence-corrected chi connectivity index (χ2v) is 5.45. The van der Waals surface area contributed by atoms with Crippen LogP contribution in [-0.2, 0) is 16.1 Å². The summed E-state index contributed by atoms with van der Waals surface area (Å²) in [6.07, 6.45) is 7.16. The van der Waals surface area contributed by atoms with Crippen LogP contribution in [0.1, 0.15) is 24.8 Å². The summed E-state index contributed by atoms with van der Waals surface area (Å²) in [5.41, 5.74) is 1.54. The minimum Gasteiger partial charge on any atom is -0.453 e. The van der Waals surface area contributed by atoms with E-state index in [0.717, 1.165) is 18.4 Å². The van der Waals surface area contributed by atoms with Gasteiger partial charge in [0, 0.05) is 31.0 Å². The van der Waals surface area contributed by atoms with Crippen molar-refractivity contribution in [3.8, 4) is 0 Å². The molecular formula is C15H19N5O3. The Kier molecular flexibility index (Phi) is 4.40. The Morgan fingerprint density at radius 2 is 2.30 bits per heavy atom. The summed E-state index contributed by atoms with van der Waals surface area (Å²) < 4.78 is 6.42. The lowest BCUT2D eigenvalue weighted by molar-refractivity contribution is -0.127. The van der Waals surface area contributed by atoms with E-state index < -0.39 is 12.1 Å². The predicted molar refractivity (Wildman–Crippen MR) is 81.6 cm³/mol. The standard InChI is InChI=1S/C15H19N5O3/c1-23-15(22)19-7-3-2-5-12(19)14(21)17-9-11-10-18-20-8-4-6-16-13(11)20/h4,6,8,10,12H,2-3,5,7,9H2,1H3,(H,17,21)/t12-/m1/s1. The first-order chi connectivity index (χ1) is 11.2. The molecule has 0 aromatic carbocycles. The Labute approximate surface area is 133 Å². The van der Waals surface area contributed by atoms with Gasteiger partial charge in [-0.1, -0.05) is 0 Å². The van der Waals surface area contributed by atoms with Crippen LogP contribution in [0.25, 0.3) is 5.65 Å². The third-order valence-electron chi connectivity index (χ3n) is 4.02. The van der Waals surface area contributed by atoms with Gasteiger partial charge in [-0.25, -0.2) is 14.3 Å². The molecule has 8 heteroatoms. The van der Waals surface area contributed by atoms with Crippen molar-refractivity contribution in [1.82, 2.24) is 24.8 Å².